The topological polar surface area (TPSA) is 60.2 Å². The maximum absolute atomic E-state index is 14.1. The van der Waals surface area contributed by atoms with E-state index >= 15 is 0 Å². The lowest BCUT2D eigenvalue weighted by Crippen LogP contribution is -2.02. The molecule has 112 valence electrons. The number of phenols is 1. The second-order valence-corrected chi connectivity index (χ2v) is 5.39. The van der Waals surface area contributed by atoms with E-state index in [0.29, 0.717) is 21.6 Å². The van der Waals surface area contributed by atoms with Gasteiger partial charge in [-0.15, -0.1) is 0 Å². The van der Waals surface area contributed by atoms with Gasteiger partial charge in [0, 0.05) is 10.0 Å². The van der Waals surface area contributed by atoms with E-state index in [2.05, 4.69) is 26.0 Å². The van der Waals surface area contributed by atoms with Crippen LogP contribution in [-0.2, 0) is 0 Å². The second-order valence-electron chi connectivity index (χ2n) is 4.48. The highest BCUT2D eigenvalue weighted by molar-refractivity contribution is 9.10. The molecule has 0 saturated heterocycles. The SMILES string of the molecule is COc1cc(-c2ncnn2-c2ccc(Br)cc2F)ccc1O. The van der Waals surface area contributed by atoms with Crippen LogP contribution in [0, 0.1) is 5.82 Å². The number of ether oxygens (including phenoxy) is 1. The lowest BCUT2D eigenvalue weighted by molar-refractivity contribution is 0.373. The number of benzene rings is 2. The molecule has 0 aliphatic heterocycles. The Balaban J connectivity index is 2.13. The van der Waals surface area contributed by atoms with Crippen LogP contribution in [0.1, 0.15) is 0 Å². The van der Waals surface area contributed by atoms with Crippen molar-refractivity contribution in [2.75, 3.05) is 7.11 Å². The Labute approximate surface area is 134 Å². The Bertz CT molecular complexity index is 835. The minimum absolute atomic E-state index is 0.0205. The van der Waals surface area contributed by atoms with Crippen molar-refractivity contribution in [2.45, 2.75) is 0 Å². The molecule has 3 rings (SSSR count). The molecule has 5 nitrogen and oxygen atoms in total. The molecule has 1 aromatic heterocycles. The van der Waals surface area contributed by atoms with Crippen LogP contribution in [0.25, 0.3) is 17.1 Å². The highest BCUT2D eigenvalue weighted by Crippen LogP contribution is 2.31. The molecule has 0 amide bonds. The van der Waals surface area contributed by atoms with Crippen LogP contribution in [0.2, 0.25) is 0 Å². The summed E-state index contributed by atoms with van der Waals surface area (Å²) in [6.45, 7) is 0. The largest absolute Gasteiger partial charge is 0.504 e. The number of rotatable bonds is 3. The quantitative estimate of drug-likeness (QED) is 0.772. The normalized spacial score (nSPS) is 10.7. The highest BCUT2D eigenvalue weighted by Gasteiger charge is 2.14. The number of aromatic nitrogens is 3. The number of aromatic hydroxyl groups is 1. The van der Waals surface area contributed by atoms with Gasteiger partial charge in [0.05, 0.1) is 7.11 Å². The molecule has 7 heteroatoms. The van der Waals surface area contributed by atoms with Gasteiger partial charge < -0.3 is 9.84 Å². The number of hydrogen-bond donors (Lipinski definition) is 1. The fourth-order valence-electron chi connectivity index (χ4n) is 2.08. The third-order valence-corrected chi connectivity index (χ3v) is 3.62. The van der Waals surface area contributed by atoms with Crippen molar-refractivity contribution in [1.29, 1.82) is 0 Å². The molecule has 1 N–H and O–H groups in total. The summed E-state index contributed by atoms with van der Waals surface area (Å²) in [5.41, 5.74) is 0.928. The van der Waals surface area contributed by atoms with E-state index in [0.717, 1.165) is 0 Å². The smallest absolute Gasteiger partial charge is 0.163 e. The average molecular weight is 364 g/mol. The standard InChI is InChI=1S/C15H11BrFN3O2/c1-22-14-6-9(2-5-13(14)21)15-18-8-19-20(15)12-4-3-10(16)7-11(12)17/h2-8,21H,1H3. The van der Waals surface area contributed by atoms with Crippen LogP contribution in [0.5, 0.6) is 11.5 Å². The molecular weight excluding hydrogens is 353 g/mol. The van der Waals surface area contributed by atoms with E-state index in [1.165, 1.54) is 30.3 Å². The molecule has 3 aromatic rings. The Kier molecular flexibility index (Phi) is 3.81. The summed E-state index contributed by atoms with van der Waals surface area (Å²) < 4.78 is 21.3. The Morgan fingerprint density at radius 2 is 2.05 bits per heavy atom. The third-order valence-electron chi connectivity index (χ3n) is 3.12. The van der Waals surface area contributed by atoms with Crippen LogP contribution in [-0.4, -0.2) is 27.0 Å². The van der Waals surface area contributed by atoms with Crippen LogP contribution in [0.4, 0.5) is 4.39 Å². The Hall–Kier alpha value is -2.41. The molecule has 2 aromatic carbocycles. The van der Waals surface area contributed by atoms with Gasteiger partial charge in [0.25, 0.3) is 0 Å². The lowest BCUT2D eigenvalue weighted by Gasteiger charge is -2.09. The maximum Gasteiger partial charge on any atom is 0.163 e. The predicted molar refractivity (Wildman–Crippen MR) is 82.7 cm³/mol. The first-order chi connectivity index (χ1) is 10.6. The summed E-state index contributed by atoms with van der Waals surface area (Å²) in [5.74, 6) is 0.349. The number of methoxy groups -OCH3 is 1. The number of hydrogen-bond acceptors (Lipinski definition) is 4. The van der Waals surface area contributed by atoms with Gasteiger partial charge in [-0.3, -0.25) is 0 Å². The van der Waals surface area contributed by atoms with Gasteiger partial charge in [-0.05, 0) is 36.4 Å². The number of nitrogens with zero attached hydrogens (tertiary/aromatic N) is 3. The van der Waals surface area contributed by atoms with E-state index in [4.69, 9.17) is 4.74 Å². The van der Waals surface area contributed by atoms with Crippen molar-refractivity contribution < 1.29 is 14.2 Å². The van der Waals surface area contributed by atoms with Gasteiger partial charge in [-0.2, -0.15) is 5.10 Å². The molecule has 0 spiro atoms. The summed E-state index contributed by atoms with van der Waals surface area (Å²) in [6, 6.07) is 9.46. The van der Waals surface area contributed by atoms with Gasteiger partial charge >= 0.3 is 0 Å². The summed E-state index contributed by atoms with van der Waals surface area (Å²) in [4.78, 5) is 4.17. The zero-order valence-electron chi connectivity index (χ0n) is 11.5. The molecule has 0 radical (unpaired) electrons. The van der Waals surface area contributed by atoms with Crippen LogP contribution < -0.4 is 4.74 Å². The van der Waals surface area contributed by atoms with Crippen molar-refractivity contribution in [2.24, 2.45) is 0 Å². The fourth-order valence-corrected chi connectivity index (χ4v) is 2.42. The minimum atomic E-state index is -0.424. The lowest BCUT2D eigenvalue weighted by atomic mass is 10.2. The molecule has 0 aliphatic carbocycles. The van der Waals surface area contributed by atoms with E-state index in [1.807, 2.05) is 0 Å². The van der Waals surface area contributed by atoms with E-state index in [-0.39, 0.29) is 11.4 Å². The van der Waals surface area contributed by atoms with E-state index in [9.17, 15) is 9.50 Å². The highest BCUT2D eigenvalue weighted by atomic mass is 79.9. The number of phenolic OH excluding ortho intramolecular Hbond substituents is 1. The first-order valence-corrected chi connectivity index (χ1v) is 7.12. The molecule has 0 fully saturated rings. The van der Waals surface area contributed by atoms with Crippen molar-refractivity contribution in [3.05, 3.63) is 53.0 Å². The minimum Gasteiger partial charge on any atom is -0.504 e. The molecular formula is C15H11BrFN3O2. The fraction of sp³-hybridized carbons (Fsp3) is 0.0667. The maximum atomic E-state index is 14.1. The first-order valence-electron chi connectivity index (χ1n) is 6.33. The van der Waals surface area contributed by atoms with Crippen LogP contribution in [0.15, 0.2) is 47.2 Å². The van der Waals surface area contributed by atoms with Crippen molar-refractivity contribution in [3.63, 3.8) is 0 Å². The molecule has 1 heterocycles. The molecule has 0 unspecified atom stereocenters. The summed E-state index contributed by atoms with van der Waals surface area (Å²) >= 11 is 3.22. The molecule has 0 aliphatic rings. The second kappa shape index (κ2) is 5.76. The van der Waals surface area contributed by atoms with Crippen LogP contribution in [0.3, 0.4) is 0 Å². The first kappa shape index (κ1) is 14.5. The average Bonchev–Trinajstić information content (AvgIpc) is 2.97. The zero-order valence-corrected chi connectivity index (χ0v) is 13.1. The van der Waals surface area contributed by atoms with Crippen molar-refractivity contribution >= 4 is 15.9 Å². The third kappa shape index (κ3) is 2.55. The van der Waals surface area contributed by atoms with Gasteiger partial charge in [0.15, 0.2) is 17.3 Å². The summed E-state index contributed by atoms with van der Waals surface area (Å²) in [6.07, 6.45) is 1.34. The van der Waals surface area contributed by atoms with Crippen molar-refractivity contribution in [3.8, 4) is 28.6 Å². The van der Waals surface area contributed by atoms with Gasteiger partial charge in [0.2, 0.25) is 0 Å². The molecule has 0 bridgehead atoms. The van der Waals surface area contributed by atoms with E-state index < -0.39 is 5.82 Å². The Morgan fingerprint density at radius 3 is 2.77 bits per heavy atom. The number of halogens is 2. The predicted octanol–water partition coefficient (Wildman–Crippen LogP) is 3.55. The Morgan fingerprint density at radius 1 is 1.23 bits per heavy atom. The zero-order chi connectivity index (χ0) is 15.7. The van der Waals surface area contributed by atoms with Gasteiger partial charge in [-0.25, -0.2) is 14.1 Å². The van der Waals surface area contributed by atoms with E-state index in [1.54, 1.807) is 24.3 Å². The monoisotopic (exact) mass is 363 g/mol. The molecule has 22 heavy (non-hydrogen) atoms. The van der Waals surface area contributed by atoms with Gasteiger partial charge in [0.1, 0.15) is 17.8 Å². The summed E-state index contributed by atoms with van der Waals surface area (Å²) in [7, 11) is 1.46. The van der Waals surface area contributed by atoms with Crippen LogP contribution >= 0.6 is 15.9 Å². The van der Waals surface area contributed by atoms with Gasteiger partial charge in [-0.1, -0.05) is 15.9 Å². The molecule has 0 saturated carbocycles. The van der Waals surface area contributed by atoms with Crippen molar-refractivity contribution in [1.82, 2.24) is 14.8 Å². The molecule has 0 atom stereocenters. The summed E-state index contributed by atoms with van der Waals surface area (Å²) in [5, 5.41) is 13.7.